The molecule has 0 saturated heterocycles. The zero-order valence-electron chi connectivity index (χ0n) is 6.92. The summed E-state index contributed by atoms with van der Waals surface area (Å²) in [5.74, 6) is 1.50. The van der Waals surface area contributed by atoms with E-state index in [1.807, 2.05) is 6.26 Å². The second-order valence-corrected chi connectivity index (χ2v) is 3.46. The lowest BCUT2D eigenvalue weighted by Crippen LogP contribution is -2.19. The molecule has 3 aliphatic rings. The molecule has 0 aromatic heterocycles. The van der Waals surface area contributed by atoms with Gasteiger partial charge in [0.1, 0.15) is 0 Å². The molecule has 1 saturated carbocycles. The molecule has 1 heteroatoms. The normalized spacial score (nSPS) is 38.1. The number of methoxy groups -OCH3 is 1. The van der Waals surface area contributed by atoms with E-state index in [2.05, 4.69) is 12.2 Å². The third kappa shape index (κ3) is 1.20. The first kappa shape index (κ1) is 6.96. The number of hydrogen-bond donors (Lipinski definition) is 0. The van der Waals surface area contributed by atoms with E-state index in [0.29, 0.717) is 5.92 Å². The maximum atomic E-state index is 5.04. The summed E-state index contributed by atoms with van der Waals surface area (Å²) < 4.78 is 5.04. The minimum Gasteiger partial charge on any atom is -0.504 e. The molecule has 11 heavy (non-hydrogen) atoms. The van der Waals surface area contributed by atoms with Crippen LogP contribution in [0, 0.1) is 11.8 Å². The van der Waals surface area contributed by atoms with Gasteiger partial charge in [-0.2, -0.15) is 0 Å². The van der Waals surface area contributed by atoms with Crippen molar-refractivity contribution in [2.75, 3.05) is 7.11 Å². The van der Waals surface area contributed by atoms with Crippen molar-refractivity contribution in [3.05, 3.63) is 24.0 Å². The van der Waals surface area contributed by atoms with Gasteiger partial charge >= 0.3 is 0 Å². The standard InChI is InChI=1S/C10H14O/c1-11-7-10-6-8-2-4-9(10)5-3-8/h2,4,7-9H,3,5-6H2,1H3/b10-7+. The predicted octanol–water partition coefficient (Wildman–Crippen LogP) is 2.50. The molecular formula is C10H14O. The fourth-order valence-electron chi connectivity index (χ4n) is 2.10. The van der Waals surface area contributed by atoms with Crippen LogP contribution in [-0.2, 0) is 4.74 Å². The summed E-state index contributed by atoms with van der Waals surface area (Å²) >= 11 is 0. The van der Waals surface area contributed by atoms with Crippen molar-refractivity contribution >= 4 is 0 Å². The lowest BCUT2D eigenvalue weighted by Gasteiger charge is -2.32. The van der Waals surface area contributed by atoms with Crippen LogP contribution in [0.25, 0.3) is 0 Å². The quantitative estimate of drug-likeness (QED) is 0.412. The molecule has 1 nitrogen and oxygen atoms in total. The largest absolute Gasteiger partial charge is 0.504 e. The summed E-state index contributed by atoms with van der Waals surface area (Å²) in [5, 5.41) is 0. The van der Waals surface area contributed by atoms with Crippen LogP contribution in [-0.4, -0.2) is 7.11 Å². The lowest BCUT2D eigenvalue weighted by atomic mass is 9.73. The molecule has 2 bridgehead atoms. The molecule has 0 radical (unpaired) electrons. The fraction of sp³-hybridized carbons (Fsp3) is 0.600. The van der Waals surface area contributed by atoms with E-state index in [1.165, 1.54) is 24.8 Å². The highest BCUT2D eigenvalue weighted by Gasteiger charge is 2.26. The summed E-state index contributed by atoms with van der Waals surface area (Å²) in [6.45, 7) is 0. The van der Waals surface area contributed by atoms with Crippen LogP contribution in [0.5, 0.6) is 0 Å². The Hall–Kier alpha value is -0.720. The van der Waals surface area contributed by atoms with Gasteiger partial charge in [0, 0.05) is 5.92 Å². The van der Waals surface area contributed by atoms with E-state index in [0.717, 1.165) is 5.92 Å². The Kier molecular flexibility index (Phi) is 1.72. The van der Waals surface area contributed by atoms with Gasteiger partial charge in [-0.05, 0) is 30.8 Å². The minimum atomic E-state index is 0.694. The van der Waals surface area contributed by atoms with E-state index in [4.69, 9.17) is 4.74 Å². The molecule has 1 fully saturated rings. The van der Waals surface area contributed by atoms with Gasteiger partial charge in [0.25, 0.3) is 0 Å². The topological polar surface area (TPSA) is 9.23 Å². The number of allylic oxidation sites excluding steroid dienone is 3. The summed E-state index contributed by atoms with van der Waals surface area (Å²) in [4.78, 5) is 0. The Morgan fingerprint density at radius 1 is 1.45 bits per heavy atom. The number of hydrogen-bond acceptors (Lipinski definition) is 1. The van der Waals surface area contributed by atoms with Crippen LogP contribution in [0.2, 0.25) is 0 Å². The smallest absolute Gasteiger partial charge is 0.0822 e. The minimum absolute atomic E-state index is 0.694. The molecule has 3 rings (SSSR count). The molecule has 0 aromatic rings. The Morgan fingerprint density at radius 2 is 2.36 bits per heavy atom. The van der Waals surface area contributed by atoms with Crippen LogP contribution >= 0.6 is 0 Å². The van der Waals surface area contributed by atoms with Crippen molar-refractivity contribution < 1.29 is 4.74 Å². The molecule has 60 valence electrons. The van der Waals surface area contributed by atoms with Crippen molar-refractivity contribution in [1.82, 2.24) is 0 Å². The van der Waals surface area contributed by atoms with E-state index in [9.17, 15) is 0 Å². The van der Waals surface area contributed by atoms with E-state index >= 15 is 0 Å². The zero-order chi connectivity index (χ0) is 7.68. The van der Waals surface area contributed by atoms with Gasteiger partial charge in [0.2, 0.25) is 0 Å². The third-order valence-corrected chi connectivity index (χ3v) is 2.71. The molecule has 0 N–H and O–H groups in total. The summed E-state index contributed by atoms with van der Waals surface area (Å²) in [5.41, 5.74) is 1.49. The summed E-state index contributed by atoms with van der Waals surface area (Å²) in [6.07, 6.45) is 10.6. The lowest BCUT2D eigenvalue weighted by molar-refractivity contribution is 0.313. The van der Waals surface area contributed by atoms with Gasteiger partial charge in [-0.3, -0.25) is 0 Å². The number of rotatable bonds is 1. The molecule has 0 heterocycles. The van der Waals surface area contributed by atoms with Crippen molar-refractivity contribution in [3.63, 3.8) is 0 Å². The highest BCUT2D eigenvalue weighted by Crippen LogP contribution is 2.39. The molecule has 0 spiro atoms. The molecule has 0 amide bonds. The Labute approximate surface area is 67.7 Å². The van der Waals surface area contributed by atoms with Crippen LogP contribution in [0.1, 0.15) is 19.3 Å². The highest BCUT2D eigenvalue weighted by atomic mass is 16.5. The van der Waals surface area contributed by atoms with Crippen LogP contribution in [0.3, 0.4) is 0 Å². The van der Waals surface area contributed by atoms with Gasteiger partial charge in [-0.15, -0.1) is 0 Å². The van der Waals surface area contributed by atoms with Crippen LogP contribution < -0.4 is 0 Å². The second-order valence-electron chi connectivity index (χ2n) is 3.46. The molecule has 2 unspecified atom stereocenters. The van der Waals surface area contributed by atoms with Gasteiger partial charge in [0.05, 0.1) is 13.4 Å². The SMILES string of the molecule is CO/C=C1\CC2C=CC1CC2. The molecule has 3 aliphatic carbocycles. The van der Waals surface area contributed by atoms with Crippen LogP contribution in [0.15, 0.2) is 24.0 Å². The van der Waals surface area contributed by atoms with E-state index in [1.54, 1.807) is 7.11 Å². The van der Waals surface area contributed by atoms with Gasteiger partial charge < -0.3 is 4.74 Å². The average Bonchev–Trinajstić information content (AvgIpc) is 2.07. The predicted molar refractivity (Wildman–Crippen MR) is 45.1 cm³/mol. The first-order valence-electron chi connectivity index (χ1n) is 4.30. The molecule has 0 aliphatic heterocycles. The highest BCUT2D eigenvalue weighted by molar-refractivity contribution is 5.22. The first-order valence-corrected chi connectivity index (χ1v) is 4.30. The maximum absolute atomic E-state index is 5.04. The monoisotopic (exact) mass is 150 g/mol. The van der Waals surface area contributed by atoms with Crippen molar-refractivity contribution in [1.29, 1.82) is 0 Å². The van der Waals surface area contributed by atoms with Crippen molar-refractivity contribution in [2.24, 2.45) is 11.8 Å². The summed E-state index contributed by atoms with van der Waals surface area (Å²) in [7, 11) is 1.74. The third-order valence-electron chi connectivity index (χ3n) is 2.71. The van der Waals surface area contributed by atoms with Gasteiger partial charge in [-0.25, -0.2) is 0 Å². The average molecular weight is 150 g/mol. The molecule has 0 aromatic carbocycles. The second kappa shape index (κ2) is 2.72. The van der Waals surface area contributed by atoms with Crippen molar-refractivity contribution in [3.8, 4) is 0 Å². The molecule has 2 atom stereocenters. The zero-order valence-corrected chi connectivity index (χ0v) is 6.92. The van der Waals surface area contributed by atoms with E-state index in [-0.39, 0.29) is 0 Å². The van der Waals surface area contributed by atoms with Crippen molar-refractivity contribution in [2.45, 2.75) is 19.3 Å². The number of ether oxygens (including phenoxy) is 1. The first-order chi connectivity index (χ1) is 5.40. The molecular weight excluding hydrogens is 136 g/mol. The number of fused-ring (bicyclic) bond motifs is 2. The fourth-order valence-corrected chi connectivity index (χ4v) is 2.10. The Balaban J connectivity index is 2.17. The van der Waals surface area contributed by atoms with E-state index < -0.39 is 0 Å². The summed E-state index contributed by atoms with van der Waals surface area (Å²) in [6, 6.07) is 0. The maximum Gasteiger partial charge on any atom is 0.0822 e. The van der Waals surface area contributed by atoms with Gasteiger partial charge in [-0.1, -0.05) is 12.2 Å². The Morgan fingerprint density at radius 3 is 2.82 bits per heavy atom. The van der Waals surface area contributed by atoms with Crippen LogP contribution in [0.4, 0.5) is 0 Å². The van der Waals surface area contributed by atoms with Gasteiger partial charge in [0.15, 0.2) is 0 Å². The Bertz CT molecular complexity index is 203.